The Balaban J connectivity index is 1.75. The molecule has 2 aromatic carbocycles. The molecule has 1 aromatic heterocycles. The van der Waals surface area contributed by atoms with E-state index in [0.29, 0.717) is 12.1 Å². The van der Waals surface area contributed by atoms with Crippen molar-refractivity contribution in [1.29, 1.82) is 0 Å². The summed E-state index contributed by atoms with van der Waals surface area (Å²) in [5.41, 5.74) is 3.99. The van der Waals surface area contributed by atoms with E-state index < -0.39 is 0 Å². The van der Waals surface area contributed by atoms with Gasteiger partial charge in [0.15, 0.2) is 0 Å². The van der Waals surface area contributed by atoms with E-state index in [1.807, 2.05) is 44.7 Å². The number of aromatic nitrogens is 2. The molecule has 0 fully saturated rings. The largest absolute Gasteiger partial charge is 0.465 e. The maximum absolute atomic E-state index is 11.7. The maximum atomic E-state index is 11.7. The third-order valence-electron chi connectivity index (χ3n) is 4.32. The van der Waals surface area contributed by atoms with Gasteiger partial charge in [-0.2, -0.15) is 0 Å². The molecule has 5 heteroatoms. The Bertz CT molecular complexity index is 882. The minimum absolute atomic E-state index is 0.321. The molecule has 0 bridgehead atoms. The summed E-state index contributed by atoms with van der Waals surface area (Å²) in [6, 6.07) is 16.0. The van der Waals surface area contributed by atoms with E-state index in [-0.39, 0.29) is 5.97 Å². The fourth-order valence-electron chi connectivity index (χ4n) is 2.86. The molecule has 0 aliphatic carbocycles. The Hall–Kier alpha value is -3.08. The number of hydrogen-bond acceptors (Lipinski definition) is 4. The van der Waals surface area contributed by atoms with Gasteiger partial charge in [-0.05, 0) is 35.4 Å². The lowest BCUT2D eigenvalue weighted by Crippen LogP contribution is -2.09. The number of hydrogen-bond donors (Lipinski definition) is 0. The molecule has 0 saturated heterocycles. The minimum atomic E-state index is -0.321. The first-order chi connectivity index (χ1) is 12.6. The van der Waals surface area contributed by atoms with Crippen molar-refractivity contribution in [3.8, 4) is 0 Å². The Morgan fingerprint density at radius 2 is 1.88 bits per heavy atom. The molecule has 0 radical (unpaired) electrons. The monoisotopic (exact) mass is 349 g/mol. The number of benzene rings is 2. The van der Waals surface area contributed by atoms with E-state index in [1.165, 1.54) is 18.4 Å². The Morgan fingerprint density at radius 1 is 1.12 bits per heavy atom. The van der Waals surface area contributed by atoms with Crippen molar-refractivity contribution in [2.75, 3.05) is 26.1 Å². The molecule has 26 heavy (non-hydrogen) atoms. The summed E-state index contributed by atoms with van der Waals surface area (Å²) in [5, 5.41) is 0. The normalized spacial score (nSPS) is 10.6. The van der Waals surface area contributed by atoms with Crippen LogP contribution in [0.2, 0.25) is 0 Å². The van der Waals surface area contributed by atoms with E-state index in [1.54, 1.807) is 6.07 Å². The van der Waals surface area contributed by atoms with Crippen LogP contribution in [0.25, 0.3) is 0 Å². The third kappa shape index (κ3) is 4.11. The maximum Gasteiger partial charge on any atom is 0.337 e. The minimum Gasteiger partial charge on any atom is -0.465 e. The second-order valence-electron chi connectivity index (χ2n) is 6.40. The second kappa shape index (κ2) is 7.87. The summed E-state index contributed by atoms with van der Waals surface area (Å²) in [5.74, 6) is 0.671. The van der Waals surface area contributed by atoms with Gasteiger partial charge in [0.1, 0.15) is 5.82 Å². The van der Waals surface area contributed by atoms with E-state index in [0.717, 1.165) is 17.8 Å². The van der Waals surface area contributed by atoms with Gasteiger partial charge in [-0.25, -0.2) is 9.78 Å². The predicted octanol–water partition coefficient (Wildman–Crippen LogP) is 3.37. The molecule has 3 aromatic rings. The van der Waals surface area contributed by atoms with Crippen molar-refractivity contribution in [3.63, 3.8) is 0 Å². The summed E-state index contributed by atoms with van der Waals surface area (Å²) in [6.45, 7) is 0.663. The Kier molecular flexibility index (Phi) is 5.37. The van der Waals surface area contributed by atoms with E-state index in [4.69, 9.17) is 4.74 Å². The van der Waals surface area contributed by atoms with Crippen LogP contribution in [0, 0.1) is 0 Å². The third-order valence-corrected chi connectivity index (χ3v) is 4.32. The average Bonchev–Trinajstić information content (AvgIpc) is 3.08. The topological polar surface area (TPSA) is 47.4 Å². The highest BCUT2D eigenvalue weighted by Gasteiger charge is 2.09. The SMILES string of the molecule is COC(=O)c1cccc(Cn2ccnc2Cc2ccc(N(C)C)cc2)c1. The predicted molar refractivity (Wildman–Crippen MR) is 103 cm³/mol. The van der Waals surface area contributed by atoms with Crippen molar-refractivity contribution in [2.45, 2.75) is 13.0 Å². The molecule has 0 amide bonds. The van der Waals surface area contributed by atoms with Gasteiger partial charge in [-0.15, -0.1) is 0 Å². The van der Waals surface area contributed by atoms with Crippen LogP contribution in [-0.4, -0.2) is 36.7 Å². The highest BCUT2D eigenvalue weighted by atomic mass is 16.5. The number of anilines is 1. The van der Waals surface area contributed by atoms with Crippen LogP contribution in [0.1, 0.15) is 27.3 Å². The molecule has 0 unspecified atom stereocenters. The highest BCUT2D eigenvalue weighted by Crippen LogP contribution is 2.16. The van der Waals surface area contributed by atoms with Crippen LogP contribution in [0.4, 0.5) is 5.69 Å². The van der Waals surface area contributed by atoms with Crippen molar-refractivity contribution in [2.24, 2.45) is 0 Å². The van der Waals surface area contributed by atoms with Crippen LogP contribution >= 0.6 is 0 Å². The summed E-state index contributed by atoms with van der Waals surface area (Å²) in [7, 11) is 5.46. The standard InChI is InChI=1S/C21H23N3O2/c1-23(2)19-9-7-16(8-10-19)14-20-22-11-12-24(20)15-17-5-4-6-18(13-17)21(25)26-3/h4-13H,14-15H2,1-3H3. The van der Waals surface area contributed by atoms with Crippen molar-refractivity contribution < 1.29 is 9.53 Å². The highest BCUT2D eigenvalue weighted by molar-refractivity contribution is 5.89. The van der Waals surface area contributed by atoms with Crippen LogP contribution in [0.5, 0.6) is 0 Å². The number of ether oxygens (including phenoxy) is 1. The summed E-state index contributed by atoms with van der Waals surface area (Å²) in [4.78, 5) is 18.3. The van der Waals surface area contributed by atoms with E-state index >= 15 is 0 Å². The first-order valence-corrected chi connectivity index (χ1v) is 8.50. The number of rotatable bonds is 6. The van der Waals surface area contributed by atoms with Gasteiger partial charge in [0.25, 0.3) is 0 Å². The number of carbonyl (C=O) groups excluding carboxylic acids is 1. The van der Waals surface area contributed by atoms with Crippen molar-refractivity contribution in [3.05, 3.63) is 83.4 Å². The van der Waals surface area contributed by atoms with Gasteiger partial charge in [-0.1, -0.05) is 24.3 Å². The molecule has 5 nitrogen and oxygen atoms in total. The van der Waals surface area contributed by atoms with Gasteiger partial charge < -0.3 is 14.2 Å². The molecule has 0 N–H and O–H groups in total. The molecule has 0 saturated carbocycles. The van der Waals surface area contributed by atoms with Gasteiger partial charge >= 0.3 is 5.97 Å². The number of carbonyl (C=O) groups is 1. The van der Waals surface area contributed by atoms with E-state index in [2.05, 4.69) is 38.7 Å². The lowest BCUT2D eigenvalue weighted by atomic mass is 10.1. The average molecular weight is 349 g/mol. The van der Waals surface area contributed by atoms with Crippen LogP contribution in [-0.2, 0) is 17.7 Å². The summed E-state index contributed by atoms with van der Waals surface area (Å²) < 4.78 is 6.90. The molecule has 3 rings (SSSR count). The summed E-state index contributed by atoms with van der Waals surface area (Å²) >= 11 is 0. The zero-order chi connectivity index (χ0) is 18.5. The lowest BCUT2D eigenvalue weighted by Gasteiger charge is -2.13. The fourth-order valence-corrected chi connectivity index (χ4v) is 2.86. The molecule has 134 valence electrons. The van der Waals surface area contributed by atoms with Gasteiger partial charge in [0, 0.05) is 45.1 Å². The number of methoxy groups -OCH3 is 1. The smallest absolute Gasteiger partial charge is 0.337 e. The van der Waals surface area contributed by atoms with Crippen molar-refractivity contribution >= 4 is 11.7 Å². The van der Waals surface area contributed by atoms with Crippen molar-refractivity contribution in [1.82, 2.24) is 9.55 Å². The van der Waals surface area contributed by atoms with Crippen LogP contribution < -0.4 is 4.90 Å². The van der Waals surface area contributed by atoms with Crippen LogP contribution in [0.3, 0.4) is 0 Å². The summed E-state index contributed by atoms with van der Waals surface area (Å²) in [6.07, 6.45) is 4.54. The van der Waals surface area contributed by atoms with Gasteiger partial charge in [0.2, 0.25) is 0 Å². The Morgan fingerprint density at radius 3 is 2.58 bits per heavy atom. The van der Waals surface area contributed by atoms with Gasteiger partial charge in [0.05, 0.1) is 12.7 Å². The molecule has 0 atom stereocenters. The quantitative estimate of drug-likeness (QED) is 0.640. The zero-order valence-corrected chi connectivity index (χ0v) is 15.3. The molecule has 0 aliphatic rings. The Labute approximate surface area is 153 Å². The van der Waals surface area contributed by atoms with Gasteiger partial charge in [-0.3, -0.25) is 0 Å². The first-order valence-electron chi connectivity index (χ1n) is 8.50. The number of imidazole rings is 1. The molecular formula is C21H23N3O2. The molecule has 0 spiro atoms. The fraction of sp³-hybridized carbons (Fsp3) is 0.238. The second-order valence-corrected chi connectivity index (χ2v) is 6.40. The molecule has 1 heterocycles. The zero-order valence-electron chi connectivity index (χ0n) is 15.3. The number of nitrogens with zero attached hydrogens (tertiary/aromatic N) is 3. The molecular weight excluding hydrogens is 326 g/mol. The lowest BCUT2D eigenvalue weighted by molar-refractivity contribution is 0.0600. The van der Waals surface area contributed by atoms with E-state index in [9.17, 15) is 4.79 Å². The van der Waals surface area contributed by atoms with Crippen LogP contribution in [0.15, 0.2) is 60.9 Å². The molecule has 0 aliphatic heterocycles. The first kappa shape index (κ1) is 17.7. The number of esters is 1.